The third kappa shape index (κ3) is 4.16. The predicted molar refractivity (Wildman–Crippen MR) is 88.1 cm³/mol. The average Bonchev–Trinajstić information content (AvgIpc) is 3.07. The molecule has 3 rings (SSSR count). The van der Waals surface area contributed by atoms with Crippen molar-refractivity contribution < 1.29 is 22.0 Å². The first kappa shape index (κ1) is 18.2. The number of rotatable bonds is 4. The van der Waals surface area contributed by atoms with Gasteiger partial charge in [-0.2, -0.15) is 4.31 Å². The third-order valence-electron chi connectivity index (χ3n) is 4.58. The van der Waals surface area contributed by atoms with Crippen LogP contribution in [0, 0.1) is 0 Å². The van der Waals surface area contributed by atoms with Crippen LogP contribution in [0.5, 0.6) is 0 Å². The van der Waals surface area contributed by atoms with Gasteiger partial charge in [0.2, 0.25) is 10.0 Å². The number of alkyl halides is 2. The Morgan fingerprint density at radius 1 is 1.28 bits per heavy atom. The molecule has 0 aliphatic carbocycles. The molecule has 1 atom stereocenters. The molecule has 2 fully saturated rings. The van der Waals surface area contributed by atoms with E-state index in [0.717, 1.165) is 17.3 Å². The maximum atomic E-state index is 13.3. The fraction of sp³-hybridized carbons (Fsp3) is 0.562. The number of carbonyl (C=O) groups excluding carboxylic acids is 1. The number of sulfonamides is 1. The normalized spacial score (nSPS) is 24.2. The van der Waals surface area contributed by atoms with Crippen LogP contribution >= 0.6 is 0 Å². The number of halogens is 2. The minimum absolute atomic E-state index is 0.0251. The molecule has 2 aliphatic rings. The lowest BCUT2D eigenvalue weighted by Gasteiger charge is -2.30. The number of piperidine rings is 1. The molecule has 25 heavy (non-hydrogen) atoms. The van der Waals surface area contributed by atoms with Crippen LogP contribution in [0.25, 0.3) is 0 Å². The van der Waals surface area contributed by atoms with Crippen LogP contribution in [0.15, 0.2) is 29.2 Å². The molecular formula is C16H21F2N3O3S. The number of hydrogen-bond donors (Lipinski definition) is 2. The molecule has 1 aromatic carbocycles. The Balaban J connectivity index is 1.74. The molecule has 9 heteroatoms. The van der Waals surface area contributed by atoms with Gasteiger partial charge in [0.15, 0.2) is 0 Å². The molecule has 2 aliphatic heterocycles. The minimum atomic E-state index is -3.89. The van der Waals surface area contributed by atoms with Crippen molar-refractivity contribution in [3.05, 3.63) is 29.8 Å². The SMILES string of the molecule is O=C(NC1CCNC1)c1cccc(S(=O)(=O)N2CCC(F)(F)CC2)c1. The lowest BCUT2D eigenvalue weighted by Crippen LogP contribution is -2.42. The van der Waals surface area contributed by atoms with Crippen molar-refractivity contribution >= 4 is 15.9 Å². The molecule has 0 bridgehead atoms. The monoisotopic (exact) mass is 373 g/mol. The van der Waals surface area contributed by atoms with Crippen molar-refractivity contribution in [3.63, 3.8) is 0 Å². The Labute approximate surface area is 145 Å². The van der Waals surface area contributed by atoms with Gasteiger partial charge in [-0.05, 0) is 31.2 Å². The summed E-state index contributed by atoms with van der Waals surface area (Å²) in [5, 5.41) is 5.99. The number of nitrogens with one attached hydrogen (secondary N) is 2. The van der Waals surface area contributed by atoms with E-state index in [1.165, 1.54) is 18.2 Å². The number of amides is 1. The van der Waals surface area contributed by atoms with Crippen molar-refractivity contribution in [1.29, 1.82) is 0 Å². The van der Waals surface area contributed by atoms with Crippen molar-refractivity contribution in [2.45, 2.75) is 36.1 Å². The molecule has 1 amide bonds. The van der Waals surface area contributed by atoms with Crippen LogP contribution in [-0.4, -0.2) is 56.8 Å². The van der Waals surface area contributed by atoms with E-state index in [9.17, 15) is 22.0 Å². The fourth-order valence-electron chi connectivity index (χ4n) is 3.05. The van der Waals surface area contributed by atoms with Crippen LogP contribution in [0.2, 0.25) is 0 Å². The summed E-state index contributed by atoms with van der Waals surface area (Å²) in [5.41, 5.74) is 0.246. The van der Waals surface area contributed by atoms with Gasteiger partial charge in [0, 0.05) is 44.1 Å². The lowest BCUT2D eigenvalue weighted by atomic mass is 10.1. The zero-order chi connectivity index (χ0) is 18.1. The van der Waals surface area contributed by atoms with Gasteiger partial charge in [-0.15, -0.1) is 0 Å². The summed E-state index contributed by atoms with van der Waals surface area (Å²) >= 11 is 0. The van der Waals surface area contributed by atoms with Crippen LogP contribution in [0.4, 0.5) is 8.78 Å². The second-order valence-corrected chi connectivity index (χ2v) is 8.39. The number of nitrogens with zero attached hydrogens (tertiary/aromatic N) is 1. The van der Waals surface area contributed by atoms with Crippen molar-refractivity contribution in [2.75, 3.05) is 26.2 Å². The Morgan fingerprint density at radius 2 is 2.00 bits per heavy atom. The largest absolute Gasteiger partial charge is 0.348 e. The topological polar surface area (TPSA) is 78.5 Å². The molecule has 0 radical (unpaired) electrons. The van der Waals surface area contributed by atoms with Crippen LogP contribution in [0.1, 0.15) is 29.6 Å². The standard InChI is InChI=1S/C16H21F2N3O3S/c17-16(18)5-8-21(9-6-16)25(23,24)14-3-1-2-12(10-14)15(22)20-13-4-7-19-11-13/h1-3,10,13,19H,4-9,11H2,(H,20,22). The summed E-state index contributed by atoms with van der Waals surface area (Å²) in [5.74, 6) is -3.15. The molecule has 2 saturated heterocycles. The summed E-state index contributed by atoms with van der Waals surface area (Å²) < 4.78 is 52.9. The summed E-state index contributed by atoms with van der Waals surface area (Å²) in [6, 6.07) is 5.75. The van der Waals surface area contributed by atoms with Crippen molar-refractivity contribution in [2.24, 2.45) is 0 Å². The molecule has 1 unspecified atom stereocenters. The average molecular weight is 373 g/mol. The molecule has 2 N–H and O–H groups in total. The van der Waals surface area contributed by atoms with Crippen LogP contribution in [-0.2, 0) is 10.0 Å². The van der Waals surface area contributed by atoms with E-state index >= 15 is 0 Å². The summed E-state index contributed by atoms with van der Waals surface area (Å²) in [6.07, 6.45) is -0.145. The molecule has 2 heterocycles. The first-order valence-electron chi connectivity index (χ1n) is 8.28. The number of benzene rings is 1. The first-order valence-corrected chi connectivity index (χ1v) is 9.72. The molecule has 0 saturated carbocycles. The fourth-order valence-corrected chi connectivity index (χ4v) is 4.54. The van der Waals surface area contributed by atoms with Gasteiger partial charge in [0.25, 0.3) is 11.8 Å². The third-order valence-corrected chi connectivity index (χ3v) is 6.48. The van der Waals surface area contributed by atoms with Gasteiger partial charge >= 0.3 is 0 Å². The molecule has 6 nitrogen and oxygen atoms in total. The minimum Gasteiger partial charge on any atom is -0.348 e. The van der Waals surface area contributed by atoms with Crippen LogP contribution < -0.4 is 10.6 Å². The Hall–Kier alpha value is -1.58. The van der Waals surface area contributed by atoms with E-state index in [0.29, 0.717) is 6.54 Å². The smallest absolute Gasteiger partial charge is 0.251 e. The lowest BCUT2D eigenvalue weighted by molar-refractivity contribution is -0.0412. The second-order valence-electron chi connectivity index (χ2n) is 6.45. The Morgan fingerprint density at radius 3 is 2.64 bits per heavy atom. The maximum Gasteiger partial charge on any atom is 0.251 e. The Bertz CT molecular complexity index is 739. The summed E-state index contributed by atoms with van der Waals surface area (Å²) in [7, 11) is -3.89. The second kappa shape index (κ2) is 6.97. The van der Waals surface area contributed by atoms with E-state index in [2.05, 4.69) is 10.6 Å². The summed E-state index contributed by atoms with van der Waals surface area (Å²) in [4.78, 5) is 12.2. The zero-order valence-corrected chi connectivity index (χ0v) is 14.5. The van der Waals surface area contributed by atoms with Crippen molar-refractivity contribution in [1.82, 2.24) is 14.9 Å². The van der Waals surface area contributed by atoms with E-state index in [-0.39, 0.29) is 35.5 Å². The highest BCUT2D eigenvalue weighted by Gasteiger charge is 2.38. The first-order chi connectivity index (χ1) is 11.8. The van der Waals surface area contributed by atoms with E-state index in [1.807, 2.05) is 0 Å². The molecule has 138 valence electrons. The molecule has 1 aromatic rings. The van der Waals surface area contributed by atoms with Crippen molar-refractivity contribution in [3.8, 4) is 0 Å². The highest BCUT2D eigenvalue weighted by molar-refractivity contribution is 7.89. The van der Waals surface area contributed by atoms with E-state index < -0.39 is 28.8 Å². The van der Waals surface area contributed by atoms with Gasteiger partial charge in [-0.3, -0.25) is 4.79 Å². The Kier molecular flexibility index (Phi) is 5.08. The van der Waals surface area contributed by atoms with E-state index in [1.54, 1.807) is 6.07 Å². The number of carbonyl (C=O) groups is 1. The molecule has 0 spiro atoms. The highest BCUT2D eigenvalue weighted by Crippen LogP contribution is 2.30. The van der Waals surface area contributed by atoms with E-state index in [4.69, 9.17) is 0 Å². The van der Waals surface area contributed by atoms with Gasteiger partial charge in [-0.1, -0.05) is 6.07 Å². The quantitative estimate of drug-likeness (QED) is 0.831. The highest BCUT2D eigenvalue weighted by atomic mass is 32.2. The van der Waals surface area contributed by atoms with Gasteiger partial charge in [0.05, 0.1) is 4.90 Å². The summed E-state index contributed by atoms with van der Waals surface area (Å²) in [6.45, 7) is 1.07. The van der Waals surface area contributed by atoms with Gasteiger partial charge < -0.3 is 10.6 Å². The van der Waals surface area contributed by atoms with Crippen LogP contribution in [0.3, 0.4) is 0 Å². The zero-order valence-electron chi connectivity index (χ0n) is 13.7. The van der Waals surface area contributed by atoms with Gasteiger partial charge in [-0.25, -0.2) is 17.2 Å². The number of hydrogen-bond acceptors (Lipinski definition) is 4. The molecular weight excluding hydrogens is 352 g/mol. The predicted octanol–water partition coefficient (Wildman–Crippen LogP) is 1.20. The maximum absolute atomic E-state index is 13.3. The molecule has 0 aromatic heterocycles. The van der Waals surface area contributed by atoms with Gasteiger partial charge in [0.1, 0.15) is 0 Å².